The van der Waals surface area contributed by atoms with Crippen molar-refractivity contribution in [2.24, 2.45) is 11.1 Å². The molecule has 76 valence electrons. The Morgan fingerprint density at radius 1 is 1.64 bits per heavy atom. The van der Waals surface area contributed by atoms with Gasteiger partial charge < -0.3 is 5.73 Å². The van der Waals surface area contributed by atoms with Crippen LogP contribution in [0.4, 0.5) is 5.13 Å². The SMILES string of the molecule is CC(C)(C(=O)Nc1nnns1)C(N)=S. The molecule has 1 amide bonds. The van der Waals surface area contributed by atoms with Gasteiger partial charge in [-0.05, 0) is 19.1 Å². The van der Waals surface area contributed by atoms with E-state index in [0.29, 0.717) is 5.13 Å². The maximum atomic E-state index is 11.6. The summed E-state index contributed by atoms with van der Waals surface area (Å²) in [5.74, 6) is -0.316. The third-order valence-electron chi connectivity index (χ3n) is 1.70. The quantitative estimate of drug-likeness (QED) is 0.721. The molecule has 8 heteroatoms. The molecule has 1 heterocycles. The van der Waals surface area contributed by atoms with Crippen molar-refractivity contribution in [2.75, 3.05) is 5.32 Å². The molecule has 6 nitrogen and oxygen atoms in total. The summed E-state index contributed by atoms with van der Waals surface area (Å²) < 4.78 is 3.50. The average molecular weight is 231 g/mol. The van der Waals surface area contributed by atoms with Gasteiger partial charge in [0, 0.05) is 11.5 Å². The van der Waals surface area contributed by atoms with Crippen molar-refractivity contribution in [3.63, 3.8) is 0 Å². The van der Waals surface area contributed by atoms with E-state index >= 15 is 0 Å². The number of carbonyl (C=O) groups is 1. The van der Waals surface area contributed by atoms with Gasteiger partial charge in [0.1, 0.15) is 0 Å². The van der Waals surface area contributed by atoms with E-state index in [9.17, 15) is 4.79 Å². The molecule has 0 unspecified atom stereocenters. The molecule has 0 aromatic carbocycles. The lowest BCUT2D eigenvalue weighted by atomic mass is 9.92. The standard InChI is InChI=1S/C6H9N5OS2/c1-6(2,3(7)13)4(12)8-5-9-10-11-14-5/h1-2H3,(H2,7,13)(H,8,9,11,12). The van der Waals surface area contributed by atoms with Gasteiger partial charge in [-0.25, -0.2) is 0 Å². The maximum absolute atomic E-state index is 11.6. The van der Waals surface area contributed by atoms with Gasteiger partial charge in [-0.1, -0.05) is 21.8 Å². The van der Waals surface area contributed by atoms with E-state index < -0.39 is 5.41 Å². The largest absolute Gasteiger partial charge is 0.392 e. The van der Waals surface area contributed by atoms with Crippen LogP contribution in [0.15, 0.2) is 0 Å². The van der Waals surface area contributed by atoms with Crippen LogP contribution in [-0.4, -0.2) is 25.7 Å². The number of anilines is 1. The first-order valence-electron chi connectivity index (χ1n) is 3.71. The minimum atomic E-state index is -0.902. The van der Waals surface area contributed by atoms with Gasteiger partial charge in [-0.3, -0.25) is 10.1 Å². The molecule has 0 aliphatic carbocycles. The van der Waals surface area contributed by atoms with Gasteiger partial charge in [0.05, 0.1) is 10.4 Å². The molecule has 1 aromatic heterocycles. The molecule has 1 aromatic rings. The van der Waals surface area contributed by atoms with Crippen LogP contribution in [0.25, 0.3) is 0 Å². The highest BCUT2D eigenvalue weighted by molar-refractivity contribution is 7.80. The van der Waals surface area contributed by atoms with Gasteiger partial charge in [0.2, 0.25) is 11.0 Å². The van der Waals surface area contributed by atoms with Crippen LogP contribution in [0, 0.1) is 5.41 Å². The van der Waals surface area contributed by atoms with E-state index in [1.54, 1.807) is 13.8 Å². The molecule has 0 fully saturated rings. The van der Waals surface area contributed by atoms with Gasteiger partial charge in [-0.2, -0.15) is 0 Å². The summed E-state index contributed by atoms with van der Waals surface area (Å²) in [6.07, 6.45) is 0. The summed E-state index contributed by atoms with van der Waals surface area (Å²) in [5, 5.41) is 9.76. The number of carbonyl (C=O) groups excluding carboxylic acids is 1. The van der Waals surface area contributed by atoms with Crippen LogP contribution in [0.1, 0.15) is 13.8 Å². The summed E-state index contributed by atoms with van der Waals surface area (Å²) >= 11 is 5.76. The van der Waals surface area contributed by atoms with E-state index in [1.807, 2.05) is 0 Å². The predicted octanol–water partition coefficient (Wildman–Crippen LogP) is 0.184. The van der Waals surface area contributed by atoms with E-state index in [1.165, 1.54) is 0 Å². The highest BCUT2D eigenvalue weighted by Gasteiger charge is 2.31. The Morgan fingerprint density at radius 2 is 2.29 bits per heavy atom. The predicted molar refractivity (Wildman–Crippen MR) is 56.9 cm³/mol. The number of rotatable bonds is 3. The first kappa shape index (κ1) is 10.9. The molecular formula is C6H9N5OS2. The lowest BCUT2D eigenvalue weighted by molar-refractivity contribution is -0.121. The first-order chi connectivity index (χ1) is 6.44. The summed E-state index contributed by atoms with van der Waals surface area (Å²) in [5.41, 5.74) is 4.52. The van der Waals surface area contributed by atoms with E-state index in [0.717, 1.165) is 11.5 Å². The number of nitrogens with one attached hydrogen (secondary N) is 1. The molecule has 0 aliphatic heterocycles. The molecule has 0 radical (unpaired) electrons. The fourth-order valence-corrected chi connectivity index (χ4v) is 1.00. The second-order valence-electron chi connectivity index (χ2n) is 3.11. The molecule has 14 heavy (non-hydrogen) atoms. The number of hydrogen-bond acceptors (Lipinski definition) is 6. The van der Waals surface area contributed by atoms with Crippen LogP contribution in [0.2, 0.25) is 0 Å². The fraction of sp³-hybridized carbons (Fsp3) is 0.500. The number of thiocarbonyl (C=S) groups is 1. The summed E-state index contributed by atoms with van der Waals surface area (Å²) in [6.45, 7) is 3.28. The Bertz CT molecular complexity index is 347. The van der Waals surface area contributed by atoms with Crippen LogP contribution in [-0.2, 0) is 4.79 Å². The highest BCUT2D eigenvalue weighted by Crippen LogP contribution is 2.18. The summed E-state index contributed by atoms with van der Waals surface area (Å²) in [6, 6.07) is 0. The number of aromatic nitrogens is 3. The van der Waals surface area contributed by atoms with Crippen molar-refractivity contribution in [3.05, 3.63) is 0 Å². The van der Waals surface area contributed by atoms with Crippen molar-refractivity contribution < 1.29 is 4.79 Å². The Morgan fingerprint density at radius 3 is 2.71 bits per heavy atom. The van der Waals surface area contributed by atoms with Crippen molar-refractivity contribution in [1.82, 2.24) is 14.8 Å². The van der Waals surface area contributed by atoms with Gasteiger partial charge >= 0.3 is 0 Å². The van der Waals surface area contributed by atoms with Crippen LogP contribution < -0.4 is 11.1 Å². The van der Waals surface area contributed by atoms with Crippen molar-refractivity contribution in [3.8, 4) is 0 Å². The normalized spacial score (nSPS) is 11.0. The van der Waals surface area contributed by atoms with Crippen molar-refractivity contribution >= 4 is 39.8 Å². The zero-order valence-corrected chi connectivity index (χ0v) is 9.28. The fourth-order valence-electron chi connectivity index (χ4n) is 0.547. The lowest BCUT2D eigenvalue weighted by Crippen LogP contribution is -2.41. The third-order valence-corrected chi connectivity index (χ3v) is 2.73. The molecular weight excluding hydrogens is 222 g/mol. The molecule has 0 spiro atoms. The Hall–Kier alpha value is -1.15. The van der Waals surface area contributed by atoms with Gasteiger partial charge in [0.25, 0.3) is 0 Å². The van der Waals surface area contributed by atoms with Gasteiger partial charge in [0.15, 0.2) is 0 Å². The van der Waals surface area contributed by atoms with Crippen molar-refractivity contribution in [1.29, 1.82) is 0 Å². The Balaban J connectivity index is 2.72. The number of hydrogen-bond donors (Lipinski definition) is 2. The van der Waals surface area contributed by atoms with Gasteiger partial charge in [-0.15, -0.1) is 0 Å². The summed E-state index contributed by atoms with van der Waals surface area (Å²) in [4.78, 5) is 11.7. The topological polar surface area (TPSA) is 93.8 Å². The smallest absolute Gasteiger partial charge is 0.238 e. The second-order valence-corrected chi connectivity index (χ2v) is 4.28. The molecule has 0 aliphatic rings. The highest BCUT2D eigenvalue weighted by atomic mass is 32.1. The van der Waals surface area contributed by atoms with Crippen LogP contribution in [0.3, 0.4) is 0 Å². The molecule has 1 rings (SSSR count). The molecule has 0 bridgehead atoms. The number of amides is 1. The van der Waals surface area contributed by atoms with E-state index in [-0.39, 0.29) is 10.9 Å². The minimum Gasteiger partial charge on any atom is -0.392 e. The second kappa shape index (κ2) is 3.93. The molecule has 0 atom stereocenters. The lowest BCUT2D eigenvalue weighted by Gasteiger charge is -2.20. The maximum Gasteiger partial charge on any atom is 0.238 e. The first-order valence-corrected chi connectivity index (χ1v) is 4.89. The molecule has 0 saturated carbocycles. The summed E-state index contributed by atoms with van der Waals surface area (Å²) in [7, 11) is 0. The third kappa shape index (κ3) is 2.20. The van der Waals surface area contributed by atoms with Crippen molar-refractivity contribution in [2.45, 2.75) is 13.8 Å². The van der Waals surface area contributed by atoms with Crippen LogP contribution >= 0.6 is 23.8 Å². The minimum absolute atomic E-state index is 0.132. The number of nitrogens with two attached hydrogens (primary N) is 1. The number of nitrogens with zero attached hydrogens (tertiary/aromatic N) is 3. The molecule has 0 saturated heterocycles. The monoisotopic (exact) mass is 231 g/mol. The molecule has 3 N–H and O–H groups in total. The van der Waals surface area contributed by atoms with Crippen LogP contribution in [0.5, 0.6) is 0 Å². The zero-order valence-electron chi connectivity index (χ0n) is 7.64. The Kier molecular flexibility index (Phi) is 3.06. The zero-order chi connectivity index (χ0) is 10.8. The Labute approximate surface area is 90.0 Å². The van der Waals surface area contributed by atoms with E-state index in [4.69, 9.17) is 18.0 Å². The van der Waals surface area contributed by atoms with E-state index in [2.05, 4.69) is 20.1 Å². The average Bonchev–Trinajstić information content (AvgIpc) is 2.56.